The maximum absolute atomic E-state index is 12.8. The summed E-state index contributed by atoms with van der Waals surface area (Å²) in [4.78, 5) is 27.3. The molecule has 0 bridgehead atoms. The lowest BCUT2D eigenvalue weighted by atomic mass is 10.1. The van der Waals surface area contributed by atoms with Crippen molar-refractivity contribution in [1.82, 2.24) is 4.31 Å². The van der Waals surface area contributed by atoms with Gasteiger partial charge in [0.2, 0.25) is 10.0 Å². The van der Waals surface area contributed by atoms with Gasteiger partial charge in [0, 0.05) is 36.6 Å². The van der Waals surface area contributed by atoms with Crippen LogP contribution in [0.2, 0.25) is 0 Å². The number of anilines is 2. The molecule has 3 aromatic rings. The van der Waals surface area contributed by atoms with E-state index in [0.717, 1.165) is 30.5 Å². The largest absolute Gasteiger partial charge is 0.459 e. The highest BCUT2D eigenvalue weighted by Crippen LogP contribution is 2.32. The van der Waals surface area contributed by atoms with Crippen LogP contribution in [0.15, 0.2) is 70.2 Å². The van der Waals surface area contributed by atoms with Crippen molar-refractivity contribution in [3.63, 3.8) is 0 Å². The Hall–Kier alpha value is -3.43. The third kappa shape index (κ3) is 4.05. The molecule has 8 nitrogen and oxygen atoms in total. The number of nitrogens with zero attached hydrogens (tertiary/aromatic N) is 2. The van der Waals surface area contributed by atoms with Crippen molar-refractivity contribution in [2.75, 3.05) is 29.9 Å². The number of amides is 2. The van der Waals surface area contributed by atoms with E-state index in [1.165, 1.54) is 34.8 Å². The summed E-state index contributed by atoms with van der Waals surface area (Å²) < 4.78 is 32.1. The third-order valence-corrected chi connectivity index (χ3v) is 7.95. The van der Waals surface area contributed by atoms with Crippen molar-refractivity contribution in [3.05, 3.63) is 77.7 Å². The number of carbonyl (C=O) groups excluding carboxylic acids is 2. The van der Waals surface area contributed by atoms with Crippen LogP contribution in [0.1, 0.15) is 39.3 Å². The number of furan rings is 1. The van der Waals surface area contributed by atoms with Crippen LogP contribution in [0.25, 0.3) is 0 Å². The van der Waals surface area contributed by atoms with E-state index in [0.29, 0.717) is 30.9 Å². The lowest BCUT2D eigenvalue weighted by Gasteiger charge is -2.17. The first kappa shape index (κ1) is 21.4. The Balaban J connectivity index is 1.31. The van der Waals surface area contributed by atoms with Crippen LogP contribution in [0.5, 0.6) is 0 Å². The molecule has 0 radical (unpaired) electrons. The van der Waals surface area contributed by atoms with E-state index in [-0.39, 0.29) is 22.5 Å². The second-order valence-electron chi connectivity index (χ2n) is 8.12. The van der Waals surface area contributed by atoms with Crippen molar-refractivity contribution in [2.45, 2.75) is 24.2 Å². The summed E-state index contributed by atoms with van der Waals surface area (Å²) >= 11 is 0. The highest BCUT2D eigenvalue weighted by atomic mass is 32.2. The topological polar surface area (TPSA) is 99.9 Å². The molecule has 1 aromatic heterocycles. The van der Waals surface area contributed by atoms with Crippen LogP contribution in [-0.2, 0) is 16.4 Å². The van der Waals surface area contributed by atoms with Crippen molar-refractivity contribution in [1.29, 1.82) is 0 Å². The van der Waals surface area contributed by atoms with Gasteiger partial charge in [0.25, 0.3) is 11.8 Å². The first-order valence-corrected chi connectivity index (χ1v) is 12.3. The highest BCUT2D eigenvalue weighted by molar-refractivity contribution is 7.89. The Morgan fingerprint density at radius 2 is 1.70 bits per heavy atom. The fourth-order valence-corrected chi connectivity index (χ4v) is 5.78. The fraction of sp³-hybridized carbons (Fsp3) is 0.250. The van der Waals surface area contributed by atoms with Crippen molar-refractivity contribution >= 4 is 33.2 Å². The molecule has 33 heavy (non-hydrogen) atoms. The van der Waals surface area contributed by atoms with E-state index in [2.05, 4.69) is 5.32 Å². The molecule has 2 aromatic carbocycles. The number of nitrogens with one attached hydrogen (secondary N) is 1. The van der Waals surface area contributed by atoms with Gasteiger partial charge in [0.1, 0.15) is 0 Å². The van der Waals surface area contributed by atoms with Crippen LogP contribution >= 0.6 is 0 Å². The maximum Gasteiger partial charge on any atom is 0.293 e. The minimum absolute atomic E-state index is 0.186. The lowest BCUT2D eigenvalue weighted by Crippen LogP contribution is -2.28. The molecule has 9 heteroatoms. The molecule has 0 saturated carbocycles. The SMILES string of the molecule is O=C(Nc1ccc2c(c1)N(C(=O)c1ccco1)CC2)c1ccc(S(=O)(=O)N2CCCC2)cc1. The molecule has 2 aliphatic rings. The summed E-state index contributed by atoms with van der Waals surface area (Å²) in [5.74, 6) is -0.319. The highest BCUT2D eigenvalue weighted by Gasteiger charge is 2.28. The quantitative estimate of drug-likeness (QED) is 0.622. The zero-order valence-electron chi connectivity index (χ0n) is 17.9. The van der Waals surface area contributed by atoms with Gasteiger partial charge in [-0.15, -0.1) is 0 Å². The maximum atomic E-state index is 12.8. The van der Waals surface area contributed by atoms with E-state index in [4.69, 9.17) is 4.42 Å². The van der Waals surface area contributed by atoms with Gasteiger partial charge in [-0.1, -0.05) is 6.07 Å². The van der Waals surface area contributed by atoms with Crippen LogP contribution in [0, 0.1) is 0 Å². The summed E-state index contributed by atoms with van der Waals surface area (Å²) in [6.07, 6.45) is 3.92. The smallest absolute Gasteiger partial charge is 0.293 e. The van der Waals surface area contributed by atoms with Gasteiger partial charge in [-0.05, 0) is 73.4 Å². The normalized spacial score (nSPS) is 16.1. The number of rotatable bonds is 5. The first-order chi connectivity index (χ1) is 15.9. The minimum atomic E-state index is -3.52. The summed E-state index contributed by atoms with van der Waals surface area (Å²) in [6, 6.07) is 14.7. The monoisotopic (exact) mass is 465 g/mol. The number of fused-ring (bicyclic) bond motifs is 1. The number of carbonyl (C=O) groups is 2. The number of benzene rings is 2. The Labute approximate surface area is 191 Å². The van der Waals surface area contributed by atoms with Crippen molar-refractivity contribution in [2.24, 2.45) is 0 Å². The molecule has 0 unspecified atom stereocenters. The predicted octanol–water partition coefficient (Wildman–Crippen LogP) is 3.52. The Morgan fingerprint density at radius 1 is 0.939 bits per heavy atom. The van der Waals surface area contributed by atoms with E-state index >= 15 is 0 Å². The average Bonchev–Trinajstić information content (AvgIpc) is 3.60. The van der Waals surface area contributed by atoms with Gasteiger partial charge in [-0.3, -0.25) is 9.59 Å². The molecule has 3 heterocycles. The molecule has 0 aliphatic carbocycles. The summed E-state index contributed by atoms with van der Waals surface area (Å²) in [6.45, 7) is 1.60. The van der Waals surface area contributed by atoms with Crippen LogP contribution in [0.3, 0.4) is 0 Å². The zero-order valence-corrected chi connectivity index (χ0v) is 18.7. The van der Waals surface area contributed by atoms with E-state index in [1.807, 2.05) is 6.07 Å². The molecular formula is C24H23N3O5S. The second kappa shape index (κ2) is 8.49. The molecule has 0 atom stereocenters. The zero-order chi connectivity index (χ0) is 23.0. The van der Waals surface area contributed by atoms with Gasteiger partial charge in [0.05, 0.1) is 11.2 Å². The second-order valence-corrected chi connectivity index (χ2v) is 10.1. The molecule has 0 spiro atoms. The Bertz CT molecular complexity index is 1290. The third-order valence-electron chi connectivity index (χ3n) is 6.04. The van der Waals surface area contributed by atoms with Crippen molar-refractivity contribution < 1.29 is 22.4 Å². The molecule has 5 rings (SSSR count). The standard InChI is InChI=1S/C24H23N3O5S/c28-23(18-6-9-20(10-7-18)33(30,31)26-12-1-2-13-26)25-19-8-5-17-11-14-27(21(17)16-19)24(29)22-4-3-15-32-22/h3-10,15-16H,1-2,11-14H2,(H,25,28). The molecule has 1 fully saturated rings. The van der Waals surface area contributed by atoms with Crippen molar-refractivity contribution in [3.8, 4) is 0 Å². The Kier molecular flexibility index (Phi) is 5.51. The number of hydrogen-bond donors (Lipinski definition) is 1. The van der Waals surface area contributed by atoms with Crippen LogP contribution in [-0.4, -0.2) is 44.2 Å². The molecule has 1 saturated heterocycles. The van der Waals surface area contributed by atoms with Gasteiger partial charge < -0.3 is 14.6 Å². The predicted molar refractivity (Wildman–Crippen MR) is 123 cm³/mol. The van der Waals surface area contributed by atoms with Gasteiger partial charge >= 0.3 is 0 Å². The Morgan fingerprint density at radius 3 is 2.39 bits per heavy atom. The summed E-state index contributed by atoms with van der Waals surface area (Å²) in [7, 11) is -3.52. The number of sulfonamides is 1. The summed E-state index contributed by atoms with van der Waals surface area (Å²) in [5, 5.41) is 2.84. The molecule has 170 valence electrons. The lowest BCUT2D eigenvalue weighted by molar-refractivity contribution is 0.0962. The molecule has 2 amide bonds. The van der Waals surface area contributed by atoms with Gasteiger partial charge in [-0.2, -0.15) is 4.31 Å². The van der Waals surface area contributed by atoms with Crippen LogP contribution in [0.4, 0.5) is 11.4 Å². The number of hydrogen-bond acceptors (Lipinski definition) is 5. The van der Waals surface area contributed by atoms with Crippen LogP contribution < -0.4 is 10.2 Å². The first-order valence-electron chi connectivity index (χ1n) is 10.8. The van der Waals surface area contributed by atoms with E-state index in [1.54, 1.807) is 29.2 Å². The molecular weight excluding hydrogens is 442 g/mol. The fourth-order valence-electron chi connectivity index (χ4n) is 4.26. The van der Waals surface area contributed by atoms with Gasteiger partial charge in [0.15, 0.2) is 5.76 Å². The molecule has 1 N–H and O–H groups in total. The minimum Gasteiger partial charge on any atom is -0.459 e. The van der Waals surface area contributed by atoms with E-state index in [9.17, 15) is 18.0 Å². The average molecular weight is 466 g/mol. The van der Waals surface area contributed by atoms with Gasteiger partial charge in [-0.25, -0.2) is 8.42 Å². The van der Waals surface area contributed by atoms with E-state index < -0.39 is 10.0 Å². The molecule has 2 aliphatic heterocycles. The summed E-state index contributed by atoms with van der Waals surface area (Å²) in [5.41, 5.74) is 2.65.